The molecule has 1 saturated heterocycles. The lowest BCUT2D eigenvalue weighted by Gasteiger charge is -2.26. The van der Waals surface area contributed by atoms with Crippen molar-refractivity contribution in [3.8, 4) is 10.6 Å². The fraction of sp³-hybridized carbons (Fsp3) is 0.583. The molecule has 0 aliphatic carbocycles. The first-order chi connectivity index (χ1) is 14.4. The Hall–Kier alpha value is -1.76. The highest BCUT2D eigenvalue weighted by molar-refractivity contribution is 7.13. The summed E-state index contributed by atoms with van der Waals surface area (Å²) in [6.45, 7) is 14.8. The third kappa shape index (κ3) is 6.89. The van der Waals surface area contributed by atoms with Crippen LogP contribution in [-0.2, 0) is 22.5 Å². The van der Waals surface area contributed by atoms with Crippen LogP contribution in [0.15, 0.2) is 29.6 Å². The van der Waals surface area contributed by atoms with Gasteiger partial charge in [0.1, 0.15) is 5.01 Å². The summed E-state index contributed by atoms with van der Waals surface area (Å²) in [4.78, 5) is 22.0. The Kier molecular flexibility index (Phi) is 8.42. The van der Waals surface area contributed by atoms with Crippen molar-refractivity contribution >= 4 is 17.2 Å². The minimum atomic E-state index is 0.176. The maximum Gasteiger partial charge on any atom is 0.228 e. The summed E-state index contributed by atoms with van der Waals surface area (Å²) in [7, 11) is 0. The zero-order chi connectivity index (χ0) is 21.5. The van der Waals surface area contributed by atoms with E-state index < -0.39 is 0 Å². The first-order valence-electron chi connectivity index (χ1n) is 11.0. The molecule has 0 unspecified atom stereocenters. The fourth-order valence-electron chi connectivity index (χ4n) is 3.72. The van der Waals surface area contributed by atoms with Gasteiger partial charge in [-0.2, -0.15) is 0 Å². The van der Waals surface area contributed by atoms with Gasteiger partial charge in [-0.05, 0) is 17.4 Å². The Morgan fingerprint density at radius 2 is 1.73 bits per heavy atom. The number of aromatic nitrogens is 1. The summed E-state index contributed by atoms with van der Waals surface area (Å²) in [5, 5.41) is 3.01. The normalized spacial score (nSPS) is 15.1. The molecule has 164 valence electrons. The smallest absolute Gasteiger partial charge is 0.228 e. The molecule has 0 atom stereocenters. The van der Waals surface area contributed by atoms with Crippen LogP contribution in [0.2, 0.25) is 0 Å². The van der Waals surface area contributed by atoms with Gasteiger partial charge in [-0.15, -0.1) is 11.3 Å². The average Bonchev–Trinajstić information content (AvgIpc) is 3.16. The number of carbonyl (C=O) groups is 1. The summed E-state index contributed by atoms with van der Waals surface area (Å²) in [5.41, 5.74) is 3.30. The molecule has 1 aromatic heterocycles. The second-order valence-electron chi connectivity index (χ2n) is 8.99. The van der Waals surface area contributed by atoms with Crippen LogP contribution in [-0.4, -0.2) is 60.1 Å². The highest BCUT2D eigenvalue weighted by atomic mass is 32.1. The van der Waals surface area contributed by atoms with Crippen LogP contribution < -0.4 is 0 Å². The molecule has 2 heterocycles. The van der Waals surface area contributed by atoms with Crippen molar-refractivity contribution in [2.45, 2.75) is 40.7 Å². The monoisotopic (exact) mass is 429 g/mol. The van der Waals surface area contributed by atoms with Gasteiger partial charge >= 0.3 is 0 Å². The predicted molar refractivity (Wildman–Crippen MR) is 124 cm³/mol. The molecular formula is C24H35N3O2S. The first-order valence-corrected chi connectivity index (χ1v) is 11.9. The molecule has 3 rings (SSSR count). The Morgan fingerprint density at radius 1 is 1.10 bits per heavy atom. The molecule has 0 bridgehead atoms. The summed E-state index contributed by atoms with van der Waals surface area (Å²) >= 11 is 1.62. The van der Waals surface area contributed by atoms with Gasteiger partial charge in [-0.1, -0.05) is 52.0 Å². The highest BCUT2D eigenvalue weighted by Gasteiger charge is 2.18. The van der Waals surface area contributed by atoms with Crippen molar-refractivity contribution < 1.29 is 9.53 Å². The van der Waals surface area contributed by atoms with Gasteiger partial charge < -0.3 is 9.64 Å². The summed E-state index contributed by atoms with van der Waals surface area (Å²) in [6, 6.07) is 8.65. The third-order valence-corrected chi connectivity index (χ3v) is 6.06. The molecular weight excluding hydrogens is 394 g/mol. The van der Waals surface area contributed by atoms with Crippen LogP contribution >= 0.6 is 11.3 Å². The van der Waals surface area contributed by atoms with E-state index in [9.17, 15) is 4.79 Å². The van der Waals surface area contributed by atoms with E-state index in [1.165, 1.54) is 5.56 Å². The molecule has 1 fully saturated rings. The van der Waals surface area contributed by atoms with Gasteiger partial charge in [-0.3, -0.25) is 9.69 Å². The average molecular weight is 430 g/mol. The number of hydrogen-bond acceptors (Lipinski definition) is 5. The van der Waals surface area contributed by atoms with E-state index >= 15 is 0 Å². The van der Waals surface area contributed by atoms with E-state index in [1.54, 1.807) is 11.3 Å². The van der Waals surface area contributed by atoms with E-state index in [0.717, 1.165) is 62.2 Å². The molecule has 1 aliphatic rings. The lowest BCUT2D eigenvalue weighted by atomic mass is 10.1. The molecule has 0 saturated carbocycles. The van der Waals surface area contributed by atoms with Crippen LogP contribution in [0.4, 0.5) is 0 Å². The van der Waals surface area contributed by atoms with Crippen LogP contribution in [0, 0.1) is 11.8 Å². The third-order valence-electron chi connectivity index (χ3n) is 5.12. The Bertz CT molecular complexity index is 785. The predicted octanol–water partition coefficient (Wildman–Crippen LogP) is 4.33. The van der Waals surface area contributed by atoms with E-state index in [0.29, 0.717) is 18.3 Å². The molecule has 1 aliphatic heterocycles. The van der Waals surface area contributed by atoms with Gasteiger partial charge in [0.25, 0.3) is 0 Å². The zero-order valence-electron chi connectivity index (χ0n) is 18.8. The van der Waals surface area contributed by atoms with Gasteiger partial charge in [-0.25, -0.2) is 4.98 Å². The molecule has 6 heteroatoms. The van der Waals surface area contributed by atoms with E-state index in [4.69, 9.17) is 9.72 Å². The second-order valence-corrected chi connectivity index (χ2v) is 9.85. The quantitative estimate of drug-likeness (QED) is 0.595. The van der Waals surface area contributed by atoms with Crippen LogP contribution in [0.3, 0.4) is 0 Å². The van der Waals surface area contributed by atoms with Crippen LogP contribution in [0.5, 0.6) is 0 Å². The van der Waals surface area contributed by atoms with Crippen molar-refractivity contribution in [1.82, 2.24) is 14.8 Å². The standard InChI is InChI=1S/C24H35N3O2S/c1-18(2)14-27(15-19(3)4)23(28)13-22-17-30-24(25-22)21-7-5-20(6-8-21)16-26-9-11-29-12-10-26/h5-8,17-19H,9-16H2,1-4H3. The van der Waals surface area contributed by atoms with Crippen molar-refractivity contribution in [2.24, 2.45) is 11.8 Å². The Balaban J connectivity index is 1.60. The van der Waals surface area contributed by atoms with Crippen molar-refractivity contribution in [1.29, 1.82) is 0 Å². The van der Waals surface area contributed by atoms with Crippen molar-refractivity contribution in [2.75, 3.05) is 39.4 Å². The minimum absolute atomic E-state index is 0.176. The van der Waals surface area contributed by atoms with Gasteiger partial charge in [0.15, 0.2) is 0 Å². The first kappa shape index (κ1) is 22.9. The van der Waals surface area contributed by atoms with Crippen LogP contribution in [0.25, 0.3) is 10.6 Å². The molecule has 2 aromatic rings. The molecule has 0 spiro atoms. The number of hydrogen-bond donors (Lipinski definition) is 0. The Morgan fingerprint density at radius 3 is 2.33 bits per heavy atom. The molecule has 0 radical (unpaired) electrons. The van der Waals surface area contributed by atoms with Crippen molar-refractivity contribution in [3.05, 3.63) is 40.9 Å². The summed E-state index contributed by atoms with van der Waals surface area (Å²) in [6.07, 6.45) is 0.380. The number of thiazole rings is 1. The number of morpholine rings is 1. The van der Waals surface area contributed by atoms with Crippen LogP contribution in [0.1, 0.15) is 39.0 Å². The highest BCUT2D eigenvalue weighted by Crippen LogP contribution is 2.25. The largest absolute Gasteiger partial charge is 0.379 e. The minimum Gasteiger partial charge on any atom is -0.379 e. The zero-order valence-corrected chi connectivity index (χ0v) is 19.6. The van der Waals surface area contributed by atoms with E-state index in [1.807, 2.05) is 10.3 Å². The molecule has 0 N–H and O–H groups in total. The summed E-state index contributed by atoms with van der Waals surface area (Å²) < 4.78 is 5.42. The summed E-state index contributed by atoms with van der Waals surface area (Å²) in [5.74, 6) is 1.11. The van der Waals surface area contributed by atoms with E-state index in [-0.39, 0.29) is 5.91 Å². The maximum absolute atomic E-state index is 12.8. The maximum atomic E-state index is 12.8. The lowest BCUT2D eigenvalue weighted by Crippen LogP contribution is -2.38. The van der Waals surface area contributed by atoms with Gasteiger partial charge in [0.05, 0.1) is 25.3 Å². The molecule has 1 amide bonds. The number of rotatable bonds is 9. The number of nitrogens with zero attached hydrogens (tertiary/aromatic N) is 3. The number of ether oxygens (including phenoxy) is 1. The number of benzene rings is 1. The van der Waals surface area contributed by atoms with Crippen molar-refractivity contribution in [3.63, 3.8) is 0 Å². The topological polar surface area (TPSA) is 45.7 Å². The number of carbonyl (C=O) groups excluding carboxylic acids is 1. The Labute approximate surface area is 185 Å². The van der Waals surface area contributed by atoms with Gasteiger partial charge in [0, 0.05) is 43.7 Å². The molecule has 30 heavy (non-hydrogen) atoms. The van der Waals surface area contributed by atoms with Gasteiger partial charge in [0.2, 0.25) is 5.91 Å². The number of amides is 1. The molecule has 1 aromatic carbocycles. The molecule has 5 nitrogen and oxygen atoms in total. The second kappa shape index (κ2) is 11.0. The lowest BCUT2D eigenvalue weighted by molar-refractivity contribution is -0.131. The fourth-order valence-corrected chi connectivity index (χ4v) is 4.54. The SMILES string of the molecule is CC(C)CN(CC(C)C)C(=O)Cc1csc(-c2ccc(CN3CCOCC3)cc2)n1. The van der Waals surface area contributed by atoms with E-state index in [2.05, 4.69) is 56.9 Å².